The second-order valence-corrected chi connectivity index (χ2v) is 8.53. The third kappa shape index (κ3) is 2.99. The van der Waals surface area contributed by atoms with Gasteiger partial charge in [-0.15, -0.1) is 0 Å². The minimum Gasteiger partial charge on any atom is -0.356 e. The third-order valence-electron chi connectivity index (χ3n) is 6.68. The van der Waals surface area contributed by atoms with Crippen LogP contribution in [0.15, 0.2) is 0 Å². The van der Waals surface area contributed by atoms with E-state index in [1.54, 1.807) is 0 Å². The number of rotatable bonds is 5. The minimum atomic E-state index is 0.329. The summed E-state index contributed by atoms with van der Waals surface area (Å²) in [6.07, 6.45) is 12.9. The van der Waals surface area contributed by atoms with Gasteiger partial charge in [-0.3, -0.25) is 4.79 Å². The van der Waals surface area contributed by atoms with Crippen molar-refractivity contribution in [3.05, 3.63) is 0 Å². The maximum atomic E-state index is 12.4. The smallest absolute Gasteiger partial charge is 0.220 e. The Morgan fingerprint density at radius 2 is 1.76 bits per heavy atom. The van der Waals surface area contributed by atoms with E-state index < -0.39 is 0 Å². The Labute approximate surface area is 128 Å². The van der Waals surface area contributed by atoms with Crippen LogP contribution in [0.4, 0.5) is 0 Å². The van der Waals surface area contributed by atoms with Crippen LogP contribution in [-0.4, -0.2) is 25.0 Å². The lowest BCUT2D eigenvalue weighted by Gasteiger charge is -2.56. The first kappa shape index (κ1) is 14.0. The normalized spacial score (nSPS) is 44.2. The Balaban J connectivity index is 1.26. The Morgan fingerprint density at radius 3 is 2.33 bits per heavy atom. The van der Waals surface area contributed by atoms with E-state index in [2.05, 4.69) is 10.6 Å². The summed E-state index contributed by atoms with van der Waals surface area (Å²) in [6.45, 7) is 2.02. The topological polar surface area (TPSA) is 41.1 Å². The monoisotopic (exact) mass is 290 g/mol. The van der Waals surface area contributed by atoms with Gasteiger partial charge in [0, 0.05) is 19.0 Å². The van der Waals surface area contributed by atoms with Crippen LogP contribution in [0.1, 0.15) is 64.2 Å². The molecule has 0 aromatic carbocycles. The fraction of sp³-hybridized carbons (Fsp3) is 0.944. The Bertz CT molecular complexity index is 365. The zero-order chi connectivity index (χ0) is 14.3. The van der Waals surface area contributed by atoms with E-state index >= 15 is 0 Å². The standard InChI is InChI=1S/C18H30N2O/c21-17(20-5-3-16-2-1-4-19-16)12-18-9-13-6-14(10-18)8-15(7-13)11-18/h13-16,19H,1-12H2,(H,20,21). The highest BCUT2D eigenvalue weighted by molar-refractivity contribution is 5.76. The molecule has 4 bridgehead atoms. The lowest BCUT2D eigenvalue weighted by atomic mass is 9.49. The molecular weight excluding hydrogens is 260 g/mol. The summed E-state index contributed by atoms with van der Waals surface area (Å²) in [4.78, 5) is 12.4. The van der Waals surface area contributed by atoms with E-state index in [0.29, 0.717) is 17.4 Å². The van der Waals surface area contributed by atoms with Crippen LogP contribution in [0.25, 0.3) is 0 Å². The zero-order valence-electron chi connectivity index (χ0n) is 13.2. The Morgan fingerprint density at radius 1 is 1.10 bits per heavy atom. The van der Waals surface area contributed by atoms with E-state index in [0.717, 1.165) is 43.7 Å². The molecule has 4 aliphatic carbocycles. The fourth-order valence-corrected chi connectivity index (χ4v) is 6.30. The van der Waals surface area contributed by atoms with Gasteiger partial charge in [-0.05, 0) is 87.5 Å². The molecule has 4 saturated carbocycles. The van der Waals surface area contributed by atoms with Gasteiger partial charge in [0.1, 0.15) is 0 Å². The lowest BCUT2D eigenvalue weighted by Crippen LogP contribution is -2.48. The Hall–Kier alpha value is -0.570. The summed E-state index contributed by atoms with van der Waals surface area (Å²) in [7, 11) is 0. The highest BCUT2D eigenvalue weighted by atomic mass is 16.1. The summed E-state index contributed by atoms with van der Waals surface area (Å²) in [6, 6.07) is 0.643. The molecule has 0 radical (unpaired) electrons. The van der Waals surface area contributed by atoms with Crippen LogP contribution in [-0.2, 0) is 4.79 Å². The molecule has 2 N–H and O–H groups in total. The molecule has 0 aromatic rings. The molecule has 1 atom stereocenters. The van der Waals surface area contributed by atoms with Crippen LogP contribution in [0.2, 0.25) is 0 Å². The van der Waals surface area contributed by atoms with E-state index in [-0.39, 0.29) is 0 Å². The van der Waals surface area contributed by atoms with Gasteiger partial charge in [0.05, 0.1) is 0 Å². The van der Waals surface area contributed by atoms with Crippen molar-refractivity contribution < 1.29 is 4.79 Å². The molecule has 1 amide bonds. The van der Waals surface area contributed by atoms with Gasteiger partial charge in [0.15, 0.2) is 0 Å². The predicted octanol–water partition coefficient (Wildman–Crippen LogP) is 2.85. The first-order chi connectivity index (χ1) is 10.2. The Kier molecular flexibility index (Phi) is 3.72. The summed E-state index contributed by atoms with van der Waals surface area (Å²) >= 11 is 0. The number of hydrogen-bond donors (Lipinski definition) is 2. The molecule has 3 heteroatoms. The van der Waals surface area contributed by atoms with Gasteiger partial charge in [-0.2, -0.15) is 0 Å². The van der Waals surface area contributed by atoms with Crippen molar-refractivity contribution >= 4 is 5.91 Å². The van der Waals surface area contributed by atoms with Crippen molar-refractivity contribution in [3.8, 4) is 0 Å². The van der Waals surface area contributed by atoms with Crippen molar-refractivity contribution in [3.63, 3.8) is 0 Å². The summed E-state index contributed by atoms with van der Waals surface area (Å²) < 4.78 is 0. The SMILES string of the molecule is O=C(CC12CC3CC(CC(C3)C1)C2)NCCC1CCCN1. The lowest BCUT2D eigenvalue weighted by molar-refractivity contribution is -0.129. The third-order valence-corrected chi connectivity index (χ3v) is 6.68. The van der Waals surface area contributed by atoms with Crippen LogP contribution < -0.4 is 10.6 Å². The first-order valence-electron chi connectivity index (χ1n) is 9.21. The van der Waals surface area contributed by atoms with Gasteiger partial charge < -0.3 is 10.6 Å². The van der Waals surface area contributed by atoms with Crippen molar-refractivity contribution in [2.24, 2.45) is 23.2 Å². The maximum absolute atomic E-state index is 12.4. The first-order valence-corrected chi connectivity index (χ1v) is 9.21. The molecule has 5 aliphatic rings. The van der Waals surface area contributed by atoms with Gasteiger partial charge in [0.25, 0.3) is 0 Å². The molecule has 3 nitrogen and oxygen atoms in total. The quantitative estimate of drug-likeness (QED) is 0.817. The predicted molar refractivity (Wildman–Crippen MR) is 83.9 cm³/mol. The van der Waals surface area contributed by atoms with E-state index in [4.69, 9.17) is 0 Å². The largest absolute Gasteiger partial charge is 0.356 e. The van der Waals surface area contributed by atoms with Crippen LogP contribution >= 0.6 is 0 Å². The molecule has 0 aromatic heterocycles. The van der Waals surface area contributed by atoms with Crippen molar-refractivity contribution in [2.75, 3.05) is 13.1 Å². The molecule has 5 rings (SSSR count). The number of amides is 1. The van der Waals surface area contributed by atoms with Gasteiger partial charge >= 0.3 is 0 Å². The summed E-state index contributed by atoms with van der Waals surface area (Å²) in [5.74, 6) is 3.18. The van der Waals surface area contributed by atoms with Crippen molar-refractivity contribution in [1.82, 2.24) is 10.6 Å². The average molecular weight is 290 g/mol. The zero-order valence-corrected chi connectivity index (χ0v) is 13.2. The van der Waals surface area contributed by atoms with Crippen molar-refractivity contribution in [2.45, 2.75) is 70.3 Å². The van der Waals surface area contributed by atoms with Crippen molar-refractivity contribution in [1.29, 1.82) is 0 Å². The molecule has 5 fully saturated rings. The molecule has 1 aliphatic heterocycles. The maximum Gasteiger partial charge on any atom is 0.220 e. The molecular formula is C18H30N2O. The van der Waals surface area contributed by atoms with Gasteiger partial charge in [-0.25, -0.2) is 0 Å². The number of carbonyl (C=O) groups excluding carboxylic acids is 1. The van der Waals surface area contributed by atoms with Crippen LogP contribution in [0, 0.1) is 23.2 Å². The highest BCUT2D eigenvalue weighted by Crippen LogP contribution is 2.61. The molecule has 118 valence electrons. The number of hydrogen-bond acceptors (Lipinski definition) is 2. The molecule has 1 unspecified atom stereocenters. The van der Waals surface area contributed by atoms with E-state index in [9.17, 15) is 4.79 Å². The number of carbonyl (C=O) groups is 1. The second-order valence-electron chi connectivity index (χ2n) is 8.53. The van der Waals surface area contributed by atoms with E-state index in [1.165, 1.54) is 51.4 Å². The van der Waals surface area contributed by atoms with E-state index in [1.807, 2.05) is 0 Å². The summed E-state index contributed by atoms with van der Waals surface area (Å²) in [5.41, 5.74) is 0.393. The number of nitrogens with one attached hydrogen (secondary N) is 2. The second kappa shape index (κ2) is 5.57. The van der Waals surface area contributed by atoms with Crippen LogP contribution in [0.3, 0.4) is 0 Å². The van der Waals surface area contributed by atoms with Gasteiger partial charge in [0.2, 0.25) is 5.91 Å². The molecule has 1 heterocycles. The molecule has 1 saturated heterocycles. The van der Waals surface area contributed by atoms with Gasteiger partial charge in [-0.1, -0.05) is 0 Å². The molecule has 21 heavy (non-hydrogen) atoms. The molecule has 0 spiro atoms. The minimum absolute atomic E-state index is 0.329. The fourth-order valence-electron chi connectivity index (χ4n) is 6.30. The summed E-state index contributed by atoms with van der Waals surface area (Å²) in [5, 5.41) is 6.71. The van der Waals surface area contributed by atoms with Crippen LogP contribution in [0.5, 0.6) is 0 Å². The average Bonchev–Trinajstić information content (AvgIpc) is 2.89. The highest BCUT2D eigenvalue weighted by Gasteiger charge is 2.51.